The molecule has 106 valence electrons. The van der Waals surface area contributed by atoms with Crippen LogP contribution in [-0.4, -0.2) is 40.3 Å². The Morgan fingerprint density at radius 2 is 2.30 bits per heavy atom. The molecule has 0 aliphatic rings. The number of nitriles is 1. The summed E-state index contributed by atoms with van der Waals surface area (Å²) in [5, 5.41) is 19.9. The second kappa shape index (κ2) is 6.19. The molecule has 0 saturated carbocycles. The van der Waals surface area contributed by atoms with Gasteiger partial charge in [0, 0.05) is 20.1 Å². The first kappa shape index (κ1) is 14.1. The van der Waals surface area contributed by atoms with Crippen LogP contribution in [0.5, 0.6) is 0 Å². The van der Waals surface area contributed by atoms with Crippen LogP contribution in [0.25, 0.3) is 11.0 Å². The van der Waals surface area contributed by atoms with Crippen LogP contribution in [0.1, 0.15) is 20.3 Å². The van der Waals surface area contributed by atoms with Crippen molar-refractivity contribution in [3.05, 3.63) is 6.20 Å². The maximum absolute atomic E-state index is 8.93. The van der Waals surface area contributed by atoms with E-state index in [9.17, 15) is 0 Å². The van der Waals surface area contributed by atoms with E-state index in [-0.39, 0.29) is 5.92 Å². The summed E-state index contributed by atoms with van der Waals surface area (Å²) in [4.78, 5) is 10.9. The van der Waals surface area contributed by atoms with Crippen LogP contribution in [0.2, 0.25) is 0 Å². The number of nitrogens with one attached hydrogen (secondary N) is 2. The highest BCUT2D eigenvalue weighted by atomic mass is 15.2. The Hall–Kier alpha value is -2.36. The Morgan fingerprint density at radius 1 is 1.50 bits per heavy atom. The van der Waals surface area contributed by atoms with Crippen molar-refractivity contribution in [3.8, 4) is 6.07 Å². The van der Waals surface area contributed by atoms with Crippen molar-refractivity contribution in [3.63, 3.8) is 0 Å². The lowest BCUT2D eigenvalue weighted by Gasteiger charge is -2.20. The molecule has 0 fully saturated rings. The molecule has 7 nitrogen and oxygen atoms in total. The van der Waals surface area contributed by atoms with E-state index in [1.807, 2.05) is 18.9 Å². The molecule has 0 spiro atoms. The van der Waals surface area contributed by atoms with Gasteiger partial charge in [0.15, 0.2) is 5.65 Å². The van der Waals surface area contributed by atoms with E-state index in [0.29, 0.717) is 18.1 Å². The molecule has 0 aliphatic carbocycles. The van der Waals surface area contributed by atoms with Crippen LogP contribution >= 0.6 is 0 Å². The lowest BCUT2D eigenvalue weighted by atomic mass is 10.2. The molecule has 0 aromatic carbocycles. The minimum Gasteiger partial charge on any atom is -0.358 e. The highest BCUT2D eigenvalue weighted by Gasteiger charge is 2.14. The Balaban J connectivity index is 2.34. The number of aromatic amines is 1. The normalized spacial score (nSPS) is 12.1. The second-order valence-electron chi connectivity index (χ2n) is 4.84. The Bertz CT molecular complexity index is 613. The average molecular weight is 273 g/mol. The standard InChI is InChI=1S/C13H19N7/c1-4-5-15-13-17-11-10(7-16-19-11)12(18-13)20(3)8-9(2)6-14/h7,9H,4-5,8H2,1-3H3,(H2,15,16,17,18,19). The molecule has 0 amide bonds. The maximum atomic E-state index is 8.93. The van der Waals surface area contributed by atoms with Crippen LogP contribution in [0.4, 0.5) is 11.8 Å². The predicted molar refractivity (Wildman–Crippen MR) is 78.5 cm³/mol. The summed E-state index contributed by atoms with van der Waals surface area (Å²) in [6.07, 6.45) is 2.71. The van der Waals surface area contributed by atoms with Gasteiger partial charge in [-0.25, -0.2) is 0 Å². The van der Waals surface area contributed by atoms with Crippen molar-refractivity contribution in [2.45, 2.75) is 20.3 Å². The highest BCUT2D eigenvalue weighted by Crippen LogP contribution is 2.23. The van der Waals surface area contributed by atoms with Gasteiger partial charge in [-0.2, -0.15) is 20.3 Å². The van der Waals surface area contributed by atoms with Crippen LogP contribution in [0.3, 0.4) is 0 Å². The van der Waals surface area contributed by atoms with Crippen LogP contribution in [-0.2, 0) is 0 Å². The first-order chi connectivity index (χ1) is 9.65. The third-order valence-corrected chi connectivity index (χ3v) is 2.95. The molecule has 20 heavy (non-hydrogen) atoms. The van der Waals surface area contributed by atoms with Gasteiger partial charge in [0.1, 0.15) is 5.82 Å². The molecule has 0 radical (unpaired) electrons. The van der Waals surface area contributed by atoms with Gasteiger partial charge in [-0.05, 0) is 13.3 Å². The maximum Gasteiger partial charge on any atom is 0.226 e. The summed E-state index contributed by atoms with van der Waals surface area (Å²) in [5.74, 6) is 1.29. The number of hydrogen-bond acceptors (Lipinski definition) is 6. The van der Waals surface area contributed by atoms with Crippen molar-refractivity contribution in [2.75, 3.05) is 30.4 Å². The van der Waals surface area contributed by atoms with Gasteiger partial charge in [-0.3, -0.25) is 5.10 Å². The van der Waals surface area contributed by atoms with Crippen molar-refractivity contribution in [1.82, 2.24) is 20.2 Å². The predicted octanol–water partition coefficient (Wildman–Crippen LogP) is 1.77. The summed E-state index contributed by atoms with van der Waals surface area (Å²) in [6.45, 7) is 5.41. The fourth-order valence-corrected chi connectivity index (χ4v) is 1.96. The van der Waals surface area contributed by atoms with Crippen molar-refractivity contribution >= 4 is 22.8 Å². The molecule has 1 atom stereocenters. The molecular formula is C13H19N7. The van der Waals surface area contributed by atoms with E-state index in [1.165, 1.54) is 0 Å². The molecule has 1 unspecified atom stereocenters. The minimum absolute atomic E-state index is 0.0658. The zero-order chi connectivity index (χ0) is 14.5. The molecule has 2 aromatic heterocycles. The summed E-state index contributed by atoms with van der Waals surface area (Å²) in [7, 11) is 1.92. The third kappa shape index (κ3) is 2.96. The average Bonchev–Trinajstić information content (AvgIpc) is 2.92. The first-order valence-corrected chi connectivity index (χ1v) is 6.71. The Kier molecular flexibility index (Phi) is 4.35. The van der Waals surface area contributed by atoms with Gasteiger partial charge >= 0.3 is 0 Å². The molecule has 0 bridgehead atoms. The lowest BCUT2D eigenvalue weighted by molar-refractivity contribution is 0.711. The number of nitrogens with zero attached hydrogens (tertiary/aromatic N) is 5. The number of anilines is 2. The Morgan fingerprint density at radius 3 is 3.00 bits per heavy atom. The second-order valence-corrected chi connectivity index (χ2v) is 4.84. The topological polar surface area (TPSA) is 93.5 Å². The fraction of sp³-hybridized carbons (Fsp3) is 0.538. The van der Waals surface area contributed by atoms with Gasteiger partial charge in [-0.1, -0.05) is 6.92 Å². The fourth-order valence-electron chi connectivity index (χ4n) is 1.96. The minimum atomic E-state index is -0.0658. The van der Waals surface area contributed by atoms with Gasteiger partial charge in [0.05, 0.1) is 23.6 Å². The number of H-pyrrole nitrogens is 1. The van der Waals surface area contributed by atoms with E-state index < -0.39 is 0 Å². The van der Waals surface area contributed by atoms with Gasteiger partial charge in [-0.15, -0.1) is 0 Å². The summed E-state index contributed by atoms with van der Waals surface area (Å²) < 4.78 is 0. The summed E-state index contributed by atoms with van der Waals surface area (Å²) in [5.41, 5.74) is 0.699. The first-order valence-electron chi connectivity index (χ1n) is 6.71. The molecule has 2 N–H and O–H groups in total. The molecule has 7 heteroatoms. The van der Waals surface area contributed by atoms with E-state index in [4.69, 9.17) is 5.26 Å². The van der Waals surface area contributed by atoms with Gasteiger partial charge in [0.25, 0.3) is 0 Å². The molecule has 2 heterocycles. The van der Waals surface area contributed by atoms with Crippen molar-refractivity contribution < 1.29 is 0 Å². The largest absolute Gasteiger partial charge is 0.358 e. The Labute approximate surface area is 118 Å². The number of fused-ring (bicyclic) bond motifs is 1. The van der Waals surface area contributed by atoms with Crippen LogP contribution in [0, 0.1) is 17.2 Å². The molecule has 0 saturated heterocycles. The highest BCUT2D eigenvalue weighted by molar-refractivity contribution is 5.87. The smallest absolute Gasteiger partial charge is 0.226 e. The SMILES string of the molecule is CCCNc1nc(N(C)CC(C)C#N)c2cn[nH]c2n1. The summed E-state index contributed by atoms with van der Waals surface area (Å²) >= 11 is 0. The van der Waals surface area contributed by atoms with Crippen LogP contribution < -0.4 is 10.2 Å². The zero-order valence-electron chi connectivity index (χ0n) is 12.0. The van der Waals surface area contributed by atoms with Crippen molar-refractivity contribution in [2.24, 2.45) is 5.92 Å². The molecule has 2 aromatic rings. The van der Waals surface area contributed by atoms with E-state index in [2.05, 4.69) is 38.5 Å². The number of rotatable bonds is 6. The number of aromatic nitrogens is 4. The quantitative estimate of drug-likeness (QED) is 0.833. The van der Waals surface area contributed by atoms with Gasteiger partial charge in [0.2, 0.25) is 5.95 Å². The van der Waals surface area contributed by atoms with Gasteiger partial charge < -0.3 is 10.2 Å². The molecule has 2 rings (SSSR count). The molecule has 0 aliphatic heterocycles. The van der Waals surface area contributed by atoms with Crippen molar-refractivity contribution in [1.29, 1.82) is 5.26 Å². The van der Waals surface area contributed by atoms with E-state index >= 15 is 0 Å². The third-order valence-electron chi connectivity index (χ3n) is 2.95. The zero-order valence-corrected chi connectivity index (χ0v) is 12.0. The monoisotopic (exact) mass is 273 g/mol. The lowest BCUT2D eigenvalue weighted by Crippen LogP contribution is -2.24. The van der Waals surface area contributed by atoms with E-state index in [0.717, 1.165) is 24.2 Å². The van der Waals surface area contributed by atoms with E-state index in [1.54, 1.807) is 6.20 Å². The van der Waals surface area contributed by atoms with Crippen LogP contribution in [0.15, 0.2) is 6.20 Å². The summed E-state index contributed by atoms with van der Waals surface area (Å²) in [6, 6.07) is 2.23. The number of hydrogen-bond donors (Lipinski definition) is 2. The molecular weight excluding hydrogens is 254 g/mol.